The monoisotopic (exact) mass is 580 g/mol. The number of halogens is 1. The van der Waals surface area contributed by atoms with Crippen LogP contribution in [0.1, 0.15) is 10.4 Å². The number of nitrogen functional groups attached to an aromatic ring is 1. The minimum absolute atomic E-state index is 0.126. The van der Waals surface area contributed by atoms with Crippen molar-refractivity contribution in [1.82, 2.24) is 39.7 Å². The summed E-state index contributed by atoms with van der Waals surface area (Å²) in [7, 11) is 1.80. The second-order valence-corrected chi connectivity index (χ2v) is 10.6. The fourth-order valence-electron chi connectivity index (χ4n) is 4.90. The van der Waals surface area contributed by atoms with Gasteiger partial charge in [-0.1, -0.05) is 11.3 Å². The van der Waals surface area contributed by atoms with E-state index in [4.69, 9.17) is 10.2 Å². The van der Waals surface area contributed by atoms with E-state index in [1.54, 1.807) is 35.9 Å². The zero-order valence-corrected chi connectivity index (χ0v) is 23.2. The van der Waals surface area contributed by atoms with Crippen LogP contribution in [0.3, 0.4) is 0 Å². The van der Waals surface area contributed by atoms with Crippen molar-refractivity contribution in [3.05, 3.63) is 57.6 Å². The predicted octanol–water partition coefficient (Wildman–Crippen LogP) is 1.25. The highest BCUT2D eigenvalue weighted by Crippen LogP contribution is 2.26. The van der Waals surface area contributed by atoms with Gasteiger partial charge in [-0.25, -0.2) is 9.37 Å². The number of carbonyl (C=O) groups excluding carboxylic acids is 1. The normalized spacial score (nSPS) is 14.3. The van der Waals surface area contributed by atoms with Gasteiger partial charge in [0, 0.05) is 57.9 Å². The Hall–Kier alpha value is -4.34. The number of aromatic nitrogens is 5. The maximum absolute atomic E-state index is 14.9. The summed E-state index contributed by atoms with van der Waals surface area (Å²) in [5, 5.41) is 10.1. The minimum Gasteiger partial charge on any atom is -0.461 e. The van der Waals surface area contributed by atoms with Crippen LogP contribution in [0.5, 0.6) is 0 Å². The van der Waals surface area contributed by atoms with Gasteiger partial charge >= 0.3 is 4.87 Å². The summed E-state index contributed by atoms with van der Waals surface area (Å²) < 4.78 is 24.0. The molecule has 0 bridgehead atoms. The molecule has 4 aromatic heterocycles. The molecule has 0 saturated carbocycles. The van der Waals surface area contributed by atoms with E-state index < -0.39 is 5.82 Å². The van der Waals surface area contributed by atoms with Crippen LogP contribution in [0.2, 0.25) is 0 Å². The van der Waals surface area contributed by atoms with Gasteiger partial charge in [0.05, 0.1) is 12.0 Å². The Morgan fingerprint density at radius 2 is 1.95 bits per heavy atom. The first kappa shape index (κ1) is 26.9. The Balaban J connectivity index is 1.11. The number of likely N-dealkylation sites (N-methyl/N-ethyl adjacent to an activating group) is 1. The van der Waals surface area contributed by atoms with Crippen molar-refractivity contribution >= 4 is 44.9 Å². The molecule has 6 rings (SSSR count). The predicted molar refractivity (Wildman–Crippen MR) is 154 cm³/mol. The van der Waals surface area contributed by atoms with Crippen LogP contribution in [0.15, 0.2) is 45.8 Å². The van der Waals surface area contributed by atoms with E-state index in [9.17, 15) is 14.0 Å². The van der Waals surface area contributed by atoms with Crippen molar-refractivity contribution in [2.75, 3.05) is 63.5 Å². The number of piperazine rings is 1. The highest BCUT2D eigenvalue weighted by Gasteiger charge is 2.23. The van der Waals surface area contributed by atoms with E-state index in [1.807, 2.05) is 4.90 Å². The summed E-state index contributed by atoms with van der Waals surface area (Å²) in [5.74, 6) is 0.260. The summed E-state index contributed by atoms with van der Waals surface area (Å²) in [6.45, 7) is 4.76. The molecule has 15 heteroatoms. The molecule has 5 heterocycles. The number of hydrogen-bond donors (Lipinski definition) is 3. The number of nitrogens with two attached hydrogens (primary N) is 1. The van der Waals surface area contributed by atoms with Gasteiger partial charge in [0.15, 0.2) is 17.1 Å². The number of furan rings is 1. The van der Waals surface area contributed by atoms with Gasteiger partial charge in [0.25, 0.3) is 5.91 Å². The molecule has 1 aromatic carbocycles. The zero-order chi connectivity index (χ0) is 28.5. The molecule has 0 spiro atoms. The maximum Gasteiger partial charge on any atom is 0.309 e. The fourth-order valence-corrected chi connectivity index (χ4v) is 5.83. The van der Waals surface area contributed by atoms with E-state index >= 15 is 0 Å². The van der Waals surface area contributed by atoms with Crippen molar-refractivity contribution in [1.29, 1.82) is 0 Å². The summed E-state index contributed by atoms with van der Waals surface area (Å²) >= 11 is 1.06. The summed E-state index contributed by atoms with van der Waals surface area (Å²) in [4.78, 5) is 38.2. The lowest BCUT2D eigenvalue weighted by atomic mass is 10.1. The lowest BCUT2D eigenvalue weighted by molar-refractivity contribution is 0.0953. The first-order valence-corrected chi connectivity index (χ1v) is 14.0. The maximum atomic E-state index is 14.9. The second kappa shape index (κ2) is 11.3. The van der Waals surface area contributed by atoms with Gasteiger partial charge in [-0.05, 0) is 37.4 Å². The first-order valence-electron chi connectivity index (χ1n) is 13.2. The molecular formula is C26H29FN10O3S. The molecule has 13 nitrogen and oxygen atoms in total. The molecular weight excluding hydrogens is 551 g/mol. The van der Waals surface area contributed by atoms with Gasteiger partial charge in [0.2, 0.25) is 11.8 Å². The van der Waals surface area contributed by atoms with Crippen LogP contribution in [0.25, 0.3) is 27.6 Å². The Bertz CT molecular complexity index is 1750. The molecule has 1 aliphatic heterocycles. The lowest BCUT2D eigenvalue weighted by Gasteiger charge is -2.36. The third-order valence-corrected chi connectivity index (χ3v) is 8.05. The molecule has 1 aliphatic rings. The smallest absolute Gasteiger partial charge is 0.309 e. The Morgan fingerprint density at radius 3 is 2.68 bits per heavy atom. The molecule has 214 valence electrons. The zero-order valence-electron chi connectivity index (χ0n) is 22.3. The standard InChI is InChI=1S/C26H29FN10O3S/c1-29-6-7-30-24(38)16-4-5-18(17(27)15-16)35-11-8-34(9-12-35)10-13-36-22-20(41-26(36)39)23-31-21(19-3-2-14-40-19)33-37(23)25(28)32-22/h2-5,14-15,29H,6-13H2,1H3,(H2,28,32)(H,30,38). The molecule has 1 fully saturated rings. The van der Waals surface area contributed by atoms with E-state index in [0.717, 1.165) is 11.3 Å². The summed E-state index contributed by atoms with van der Waals surface area (Å²) in [6.07, 6.45) is 1.54. The fraction of sp³-hybridized carbons (Fsp3) is 0.346. The van der Waals surface area contributed by atoms with Crippen LogP contribution in [-0.4, -0.2) is 87.8 Å². The summed E-state index contributed by atoms with van der Waals surface area (Å²) in [6, 6.07) is 8.09. The number of nitrogens with zero attached hydrogens (tertiary/aromatic N) is 7. The van der Waals surface area contributed by atoms with Gasteiger partial charge in [-0.15, -0.1) is 5.10 Å². The Kier molecular flexibility index (Phi) is 7.38. The average Bonchev–Trinajstić information content (AvgIpc) is 3.72. The van der Waals surface area contributed by atoms with Crippen molar-refractivity contribution in [3.63, 3.8) is 0 Å². The minimum atomic E-state index is -0.422. The largest absolute Gasteiger partial charge is 0.461 e. The van der Waals surface area contributed by atoms with Crippen LogP contribution in [-0.2, 0) is 6.54 Å². The Morgan fingerprint density at radius 1 is 1.12 bits per heavy atom. The number of benzene rings is 1. The van der Waals surface area contributed by atoms with Gasteiger partial charge in [-0.3, -0.25) is 19.1 Å². The number of rotatable bonds is 9. The van der Waals surface area contributed by atoms with Gasteiger partial charge in [0.1, 0.15) is 10.5 Å². The van der Waals surface area contributed by atoms with Crippen molar-refractivity contribution in [3.8, 4) is 11.6 Å². The number of nitrogens with one attached hydrogen (secondary N) is 2. The number of fused-ring (bicyclic) bond motifs is 3. The third kappa shape index (κ3) is 5.26. The van der Waals surface area contributed by atoms with Crippen molar-refractivity contribution < 1.29 is 13.6 Å². The SMILES string of the molecule is CNCCNC(=O)c1ccc(N2CCN(CCn3c(=O)sc4c3nc(N)n3nc(-c5ccco5)nc43)CC2)c(F)c1. The number of anilines is 2. The van der Waals surface area contributed by atoms with Crippen molar-refractivity contribution in [2.24, 2.45) is 0 Å². The van der Waals surface area contributed by atoms with E-state index in [0.29, 0.717) is 91.2 Å². The third-order valence-electron chi connectivity index (χ3n) is 7.08. The van der Waals surface area contributed by atoms with Crippen LogP contribution >= 0.6 is 11.3 Å². The molecule has 1 saturated heterocycles. The van der Waals surface area contributed by atoms with E-state index in [-0.39, 0.29) is 16.7 Å². The number of thiazole rings is 1. The molecule has 5 aromatic rings. The van der Waals surface area contributed by atoms with Crippen LogP contribution in [0.4, 0.5) is 16.0 Å². The van der Waals surface area contributed by atoms with Crippen LogP contribution in [0, 0.1) is 5.82 Å². The molecule has 0 radical (unpaired) electrons. The molecule has 1 amide bonds. The van der Waals surface area contributed by atoms with Crippen LogP contribution < -0.4 is 26.1 Å². The highest BCUT2D eigenvalue weighted by atomic mass is 32.1. The highest BCUT2D eigenvalue weighted by molar-refractivity contribution is 7.17. The van der Waals surface area contributed by atoms with Crippen molar-refractivity contribution in [2.45, 2.75) is 6.54 Å². The Labute approximate surface area is 237 Å². The number of hydrogen-bond acceptors (Lipinski definition) is 11. The topological polar surface area (TPSA) is 152 Å². The molecule has 0 atom stereocenters. The average molecular weight is 581 g/mol. The summed E-state index contributed by atoms with van der Waals surface area (Å²) in [5.41, 5.74) is 7.88. The number of carbonyl (C=O) groups is 1. The van der Waals surface area contributed by atoms with Gasteiger partial charge < -0.3 is 25.7 Å². The first-order chi connectivity index (χ1) is 19.9. The quantitative estimate of drug-likeness (QED) is 0.217. The molecule has 0 unspecified atom stereocenters. The van der Waals surface area contributed by atoms with E-state index in [2.05, 4.69) is 30.6 Å². The molecule has 4 N–H and O–H groups in total. The lowest BCUT2D eigenvalue weighted by Crippen LogP contribution is -2.47. The molecule has 41 heavy (non-hydrogen) atoms. The molecule has 0 aliphatic carbocycles. The number of amides is 1. The second-order valence-electron chi connectivity index (χ2n) is 9.64. The van der Waals surface area contributed by atoms with Gasteiger partial charge in [-0.2, -0.15) is 9.50 Å². The van der Waals surface area contributed by atoms with E-state index in [1.165, 1.54) is 16.8 Å².